The summed E-state index contributed by atoms with van der Waals surface area (Å²) in [5, 5.41) is 0. The molecule has 1 aliphatic heterocycles. The molecule has 1 aromatic rings. The summed E-state index contributed by atoms with van der Waals surface area (Å²) in [6.45, 7) is 8.55. The Bertz CT molecular complexity index is 412. The van der Waals surface area contributed by atoms with Gasteiger partial charge in [0, 0.05) is 24.0 Å². The average molecular weight is 315 g/mol. The molecule has 0 bridgehead atoms. The summed E-state index contributed by atoms with van der Waals surface area (Å²) in [7, 11) is 0. The molecule has 1 saturated heterocycles. The van der Waals surface area contributed by atoms with E-state index >= 15 is 0 Å². The van der Waals surface area contributed by atoms with Crippen molar-refractivity contribution in [2.24, 2.45) is 5.92 Å². The van der Waals surface area contributed by atoms with E-state index in [1.165, 1.54) is 0 Å². The Kier molecular flexibility index (Phi) is 4.22. The number of halogens is 1. The average Bonchev–Trinajstić information content (AvgIpc) is 2.77. The van der Waals surface area contributed by atoms with Gasteiger partial charge in [-0.1, -0.05) is 20.8 Å². The third-order valence-corrected chi connectivity index (χ3v) is 3.24. The number of ether oxygens (including phenoxy) is 2. The summed E-state index contributed by atoms with van der Waals surface area (Å²) >= 11 is 3.40. The van der Waals surface area contributed by atoms with Crippen molar-refractivity contribution in [3.8, 4) is 5.88 Å². The van der Waals surface area contributed by atoms with Crippen LogP contribution in [-0.2, 0) is 10.2 Å². The Morgan fingerprint density at radius 3 is 2.83 bits per heavy atom. The fraction of sp³-hybridized carbons (Fsp3) is 0.692. The molecule has 100 valence electrons. The van der Waals surface area contributed by atoms with Gasteiger partial charge in [0.1, 0.15) is 10.4 Å². The Hall–Kier alpha value is -0.680. The maximum absolute atomic E-state index is 5.75. The number of nitrogens with zero attached hydrogens (tertiary/aromatic N) is 2. The van der Waals surface area contributed by atoms with E-state index < -0.39 is 0 Å². The molecule has 0 amide bonds. The normalized spacial score (nSPS) is 20.1. The Morgan fingerprint density at radius 1 is 1.44 bits per heavy atom. The standard InChI is InChI=1S/C13H19BrN2O2/c1-13(2,3)12-15-10(14)6-11(16-12)18-8-9-4-5-17-7-9/h6,9H,4-5,7-8H2,1-3H3. The first kappa shape index (κ1) is 13.7. The lowest BCUT2D eigenvalue weighted by Crippen LogP contribution is -2.18. The topological polar surface area (TPSA) is 44.2 Å². The number of hydrogen-bond donors (Lipinski definition) is 0. The Morgan fingerprint density at radius 2 is 2.22 bits per heavy atom. The summed E-state index contributed by atoms with van der Waals surface area (Å²) in [6, 6.07) is 1.81. The van der Waals surface area contributed by atoms with Crippen LogP contribution in [0.15, 0.2) is 10.7 Å². The molecule has 1 unspecified atom stereocenters. The highest BCUT2D eigenvalue weighted by molar-refractivity contribution is 9.10. The molecule has 0 radical (unpaired) electrons. The van der Waals surface area contributed by atoms with Crippen molar-refractivity contribution in [2.45, 2.75) is 32.6 Å². The molecule has 1 aromatic heterocycles. The van der Waals surface area contributed by atoms with Crippen LogP contribution in [0.25, 0.3) is 0 Å². The minimum atomic E-state index is -0.0850. The monoisotopic (exact) mass is 314 g/mol. The molecule has 18 heavy (non-hydrogen) atoms. The number of aromatic nitrogens is 2. The minimum absolute atomic E-state index is 0.0850. The zero-order valence-electron chi connectivity index (χ0n) is 11.1. The first-order chi connectivity index (χ1) is 8.45. The van der Waals surface area contributed by atoms with Crippen molar-refractivity contribution in [1.82, 2.24) is 9.97 Å². The highest BCUT2D eigenvalue weighted by Crippen LogP contribution is 2.24. The lowest BCUT2D eigenvalue weighted by molar-refractivity contribution is 0.165. The molecule has 1 fully saturated rings. The molecule has 2 rings (SSSR count). The fourth-order valence-electron chi connectivity index (χ4n) is 1.72. The molecule has 0 saturated carbocycles. The van der Waals surface area contributed by atoms with Crippen LogP contribution in [-0.4, -0.2) is 29.8 Å². The van der Waals surface area contributed by atoms with Crippen molar-refractivity contribution in [3.63, 3.8) is 0 Å². The molecule has 5 heteroatoms. The summed E-state index contributed by atoms with van der Waals surface area (Å²) in [4.78, 5) is 8.85. The zero-order chi connectivity index (χ0) is 13.2. The van der Waals surface area contributed by atoms with Crippen LogP contribution in [0.4, 0.5) is 0 Å². The fourth-order valence-corrected chi connectivity index (χ4v) is 2.09. The molecular weight excluding hydrogens is 296 g/mol. The van der Waals surface area contributed by atoms with E-state index in [-0.39, 0.29) is 5.41 Å². The van der Waals surface area contributed by atoms with Crippen molar-refractivity contribution in [1.29, 1.82) is 0 Å². The molecule has 0 N–H and O–H groups in total. The van der Waals surface area contributed by atoms with Gasteiger partial charge in [0.2, 0.25) is 5.88 Å². The maximum atomic E-state index is 5.75. The smallest absolute Gasteiger partial charge is 0.217 e. The van der Waals surface area contributed by atoms with Crippen molar-refractivity contribution in [3.05, 3.63) is 16.5 Å². The van der Waals surface area contributed by atoms with Crippen molar-refractivity contribution < 1.29 is 9.47 Å². The van der Waals surface area contributed by atoms with Crippen molar-refractivity contribution >= 4 is 15.9 Å². The van der Waals surface area contributed by atoms with Crippen LogP contribution in [0.3, 0.4) is 0 Å². The highest BCUT2D eigenvalue weighted by Gasteiger charge is 2.20. The van der Waals surface area contributed by atoms with Crippen molar-refractivity contribution in [2.75, 3.05) is 19.8 Å². The summed E-state index contributed by atoms with van der Waals surface area (Å²) in [5.74, 6) is 1.90. The van der Waals surface area contributed by atoms with Gasteiger partial charge in [-0.05, 0) is 22.4 Å². The number of hydrogen-bond acceptors (Lipinski definition) is 4. The lowest BCUT2D eigenvalue weighted by Gasteiger charge is -2.18. The molecule has 1 atom stereocenters. The Labute approximate surface area is 116 Å². The molecule has 0 aliphatic carbocycles. The summed E-state index contributed by atoms with van der Waals surface area (Å²) < 4.78 is 11.8. The highest BCUT2D eigenvalue weighted by atomic mass is 79.9. The van der Waals surface area contributed by atoms with Crippen LogP contribution >= 0.6 is 15.9 Å². The summed E-state index contributed by atoms with van der Waals surface area (Å²) in [5.41, 5.74) is -0.0850. The molecule has 1 aliphatic rings. The van der Waals surface area contributed by atoms with Gasteiger partial charge in [-0.25, -0.2) is 4.98 Å². The van der Waals surface area contributed by atoms with E-state index in [2.05, 4.69) is 46.7 Å². The molecule has 4 nitrogen and oxygen atoms in total. The van der Waals surface area contributed by atoms with E-state index in [0.717, 1.165) is 30.1 Å². The van der Waals surface area contributed by atoms with Gasteiger partial charge in [-0.3, -0.25) is 0 Å². The van der Waals surface area contributed by atoms with E-state index in [9.17, 15) is 0 Å². The largest absolute Gasteiger partial charge is 0.477 e. The summed E-state index contributed by atoms with van der Waals surface area (Å²) in [6.07, 6.45) is 1.07. The van der Waals surface area contributed by atoms with Gasteiger partial charge in [0.15, 0.2) is 0 Å². The van der Waals surface area contributed by atoms with Crippen LogP contribution in [0.5, 0.6) is 5.88 Å². The van der Waals surface area contributed by atoms with Gasteiger partial charge in [-0.15, -0.1) is 0 Å². The second-order valence-electron chi connectivity index (χ2n) is 5.64. The van der Waals surface area contributed by atoms with Gasteiger partial charge < -0.3 is 9.47 Å². The minimum Gasteiger partial charge on any atom is -0.477 e. The maximum Gasteiger partial charge on any atom is 0.217 e. The van der Waals surface area contributed by atoms with E-state index in [4.69, 9.17) is 9.47 Å². The number of rotatable bonds is 3. The van der Waals surface area contributed by atoms with Crippen LogP contribution in [0, 0.1) is 5.92 Å². The van der Waals surface area contributed by atoms with E-state index in [0.29, 0.717) is 18.4 Å². The predicted octanol–water partition coefficient (Wildman–Crippen LogP) is 2.95. The SMILES string of the molecule is CC(C)(C)c1nc(Br)cc(OCC2CCOC2)n1. The quantitative estimate of drug-likeness (QED) is 0.805. The molecule has 2 heterocycles. The first-order valence-electron chi connectivity index (χ1n) is 6.21. The van der Waals surface area contributed by atoms with Crippen LogP contribution in [0.2, 0.25) is 0 Å². The molecule has 0 spiro atoms. The molecular formula is C13H19BrN2O2. The second-order valence-corrected chi connectivity index (χ2v) is 6.46. The first-order valence-corrected chi connectivity index (χ1v) is 7.00. The van der Waals surface area contributed by atoms with Gasteiger partial charge in [0.25, 0.3) is 0 Å². The van der Waals surface area contributed by atoms with Gasteiger partial charge in [-0.2, -0.15) is 4.98 Å². The second kappa shape index (κ2) is 5.53. The van der Waals surface area contributed by atoms with E-state index in [1.54, 1.807) is 0 Å². The van der Waals surface area contributed by atoms with Gasteiger partial charge >= 0.3 is 0 Å². The predicted molar refractivity (Wildman–Crippen MR) is 72.9 cm³/mol. The lowest BCUT2D eigenvalue weighted by atomic mass is 9.96. The van der Waals surface area contributed by atoms with Crippen LogP contribution < -0.4 is 4.74 Å². The third-order valence-electron chi connectivity index (χ3n) is 2.83. The van der Waals surface area contributed by atoms with Crippen LogP contribution in [0.1, 0.15) is 33.0 Å². The Balaban J connectivity index is 2.05. The van der Waals surface area contributed by atoms with E-state index in [1.807, 2.05) is 6.07 Å². The molecule has 0 aromatic carbocycles. The third kappa shape index (κ3) is 3.65. The zero-order valence-corrected chi connectivity index (χ0v) is 12.7. The van der Waals surface area contributed by atoms with Gasteiger partial charge in [0.05, 0.1) is 13.2 Å².